The van der Waals surface area contributed by atoms with Gasteiger partial charge in [0.25, 0.3) is 0 Å². The first-order valence-electron chi connectivity index (χ1n) is 4.67. The zero-order valence-electron chi connectivity index (χ0n) is 8.92. The highest BCUT2D eigenvalue weighted by molar-refractivity contribution is 5.52. The topological polar surface area (TPSA) is 0 Å². The summed E-state index contributed by atoms with van der Waals surface area (Å²) in [5.74, 6) is 0. The number of hydrogen-bond acceptors (Lipinski definition) is 0. The van der Waals surface area contributed by atoms with E-state index in [0.717, 1.165) is 23.1 Å². The Morgan fingerprint density at radius 3 is 2.00 bits per heavy atom. The molecule has 0 nitrogen and oxygen atoms in total. The van der Waals surface area contributed by atoms with Gasteiger partial charge in [-0.1, -0.05) is 63.6 Å². The molecule has 0 spiro atoms. The van der Waals surface area contributed by atoms with Crippen LogP contribution >= 0.6 is 0 Å². The predicted octanol–water partition coefficient (Wildman–Crippen LogP) is 4.36. The first-order chi connectivity index (χ1) is 6.71. The number of hydrogen-bond donors (Lipinski definition) is 0. The zero-order chi connectivity index (χ0) is 11.0. The molecule has 0 radical (unpaired) electrons. The van der Waals surface area contributed by atoms with E-state index in [9.17, 15) is 0 Å². The Balaban J connectivity index is 5.18. The fraction of sp³-hybridized carbons (Fsp3) is 0.143. The molecule has 0 saturated heterocycles. The van der Waals surface area contributed by atoms with Gasteiger partial charge in [0.15, 0.2) is 0 Å². The van der Waals surface area contributed by atoms with Crippen LogP contribution in [-0.2, 0) is 0 Å². The maximum absolute atomic E-state index is 4.00. The van der Waals surface area contributed by atoms with Crippen molar-refractivity contribution in [3.63, 3.8) is 0 Å². The van der Waals surface area contributed by atoms with E-state index in [0.29, 0.717) is 0 Å². The molecule has 0 amide bonds. The van der Waals surface area contributed by atoms with Crippen LogP contribution in [0.4, 0.5) is 0 Å². The fourth-order valence-corrected chi connectivity index (χ4v) is 1.12. The summed E-state index contributed by atoms with van der Waals surface area (Å²) in [6.45, 7) is 17.2. The molecule has 0 aliphatic heterocycles. The molecule has 0 unspecified atom stereocenters. The Hall–Kier alpha value is -1.56. The van der Waals surface area contributed by atoms with Crippen molar-refractivity contribution in [2.24, 2.45) is 0 Å². The first-order valence-corrected chi connectivity index (χ1v) is 4.67. The third kappa shape index (κ3) is 3.44. The summed E-state index contributed by atoms with van der Waals surface area (Å²) in [5.41, 5.74) is 3.20. The van der Waals surface area contributed by atoms with Crippen LogP contribution in [0.1, 0.15) is 13.3 Å². The molecular weight excluding hydrogens is 168 g/mol. The Kier molecular flexibility index (Phi) is 6.13. The lowest BCUT2D eigenvalue weighted by Crippen LogP contribution is -1.90. The van der Waals surface area contributed by atoms with E-state index in [1.165, 1.54) is 0 Å². The summed E-state index contributed by atoms with van der Waals surface area (Å²) >= 11 is 0. The Morgan fingerprint density at radius 2 is 1.64 bits per heavy atom. The van der Waals surface area contributed by atoms with E-state index >= 15 is 0 Å². The van der Waals surface area contributed by atoms with Crippen molar-refractivity contribution < 1.29 is 0 Å². The quantitative estimate of drug-likeness (QED) is 0.540. The van der Waals surface area contributed by atoms with Crippen LogP contribution in [-0.4, -0.2) is 0 Å². The van der Waals surface area contributed by atoms with E-state index < -0.39 is 0 Å². The molecule has 0 aromatic carbocycles. The highest BCUT2D eigenvalue weighted by atomic mass is 14.1. The van der Waals surface area contributed by atoms with Gasteiger partial charge in [0.2, 0.25) is 0 Å². The second-order valence-electron chi connectivity index (χ2n) is 2.83. The van der Waals surface area contributed by atoms with Gasteiger partial charge in [0.05, 0.1) is 0 Å². The van der Waals surface area contributed by atoms with Crippen molar-refractivity contribution in [1.29, 1.82) is 0 Å². The third-order valence-electron chi connectivity index (χ3n) is 1.92. The van der Waals surface area contributed by atoms with Crippen LogP contribution in [0.2, 0.25) is 0 Å². The molecule has 0 aromatic rings. The molecule has 14 heavy (non-hydrogen) atoms. The molecule has 0 aliphatic rings. The Morgan fingerprint density at radius 1 is 1.07 bits per heavy atom. The van der Waals surface area contributed by atoms with E-state index in [1.807, 2.05) is 12.2 Å². The summed E-state index contributed by atoms with van der Waals surface area (Å²) in [6, 6.07) is 0. The molecular formula is C14H18. The summed E-state index contributed by atoms with van der Waals surface area (Å²) in [5, 5.41) is 0. The van der Waals surface area contributed by atoms with Gasteiger partial charge in [0.1, 0.15) is 0 Å². The summed E-state index contributed by atoms with van der Waals surface area (Å²) in [4.78, 5) is 0. The Labute approximate surface area is 87.3 Å². The van der Waals surface area contributed by atoms with Crippen molar-refractivity contribution >= 4 is 0 Å². The standard InChI is InChI=1S/C14H18/c1-6-10-13(9-4)14(11-7-2)12(5)8-3/h6-7,9-11H,1-2,4-5,8H2,3H3/b13-10-,14-11-. The summed E-state index contributed by atoms with van der Waals surface area (Å²) in [6.07, 6.45) is 10.1. The van der Waals surface area contributed by atoms with Gasteiger partial charge in [0, 0.05) is 0 Å². The predicted molar refractivity (Wildman–Crippen MR) is 66.2 cm³/mol. The lowest BCUT2D eigenvalue weighted by atomic mass is 9.96. The second-order valence-corrected chi connectivity index (χ2v) is 2.83. The van der Waals surface area contributed by atoms with E-state index in [2.05, 4.69) is 33.2 Å². The lowest BCUT2D eigenvalue weighted by Gasteiger charge is -2.09. The van der Waals surface area contributed by atoms with E-state index in [-0.39, 0.29) is 0 Å². The highest BCUT2D eigenvalue weighted by Gasteiger charge is 2.02. The van der Waals surface area contributed by atoms with Gasteiger partial charge in [-0.15, -0.1) is 0 Å². The van der Waals surface area contributed by atoms with Crippen molar-refractivity contribution in [2.45, 2.75) is 13.3 Å². The van der Waals surface area contributed by atoms with Crippen LogP contribution in [0.15, 0.2) is 73.4 Å². The molecule has 0 bridgehead atoms. The molecule has 0 aromatic heterocycles. The maximum Gasteiger partial charge on any atom is -0.0158 e. The van der Waals surface area contributed by atoms with Crippen LogP contribution in [0.3, 0.4) is 0 Å². The van der Waals surface area contributed by atoms with Gasteiger partial charge >= 0.3 is 0 Å². The van der Waals surface area contributed by atoms with Gasteiger partial charge in [-0.3, -0.25) is 0 Å². The van der Waals surface area contributed by atoms with Crippen LogP contribution in [0, 0.1) is 0 Å². The fourth-order valence-electron chi connectivity index (χ4n) is 1.12. The molecule has 0 atom stereocenters. The monoisotopic (exact) mass is 186 g/mol. The minimum absolute atomic E-state index is 0.919. The maximum atomic E-state index is 4.00. The number of allylic oxidation sites excluding steroid dienone is 8. The normalized spacial score (nSPS) is 12.1. The molecule has 0 fully saturated rings. The molecule has 0 rings (SSSR count). The van der Waals surface area contributed by atoms with E-state index in [4.69, 9.17) is 0 Å². The van der Waals surface area contributed by atoms with Gasteiger partial charge in [-0.05, 0) is 23.1 Å². The smallest absolute Gasteiger partial charge is 0.0158 e. The minimum atomic E-state index is 0.919. The van der Waals surface area contributed by atoms with Crippen LogP contribution in [0.5, 0.6) is 0 Å². The van der Waals surface area contributed by atoms with Crippen molar-refractivity contribution in [3.8, 4) is 0 Å². The molecule has 0 saturated carbocycles. The van der Waals surface area contributed by atoms with Gasteiger partial charge < -0.3 is 0 Å². The van der Waals surface area contributed by atoms with Crippen LogP contribution < -0.4 is 0 Å². The Bertz CT molecular complexity index is 298. The molecule has 0 N–H and O–H groups in total. The first kappa shape index (κ1) is 12.4. The third-order valence-corrected chi connectivity index (χ3v) is 1.92. The lowest BCUT2D eigenvalue weighted by molar-refractivity contribution is 1.12. The number of rotatable bonds is 6. The van der Waals surface area contributed by atoms with Gasteiger partial charge in [-0.2, -0.15) is 0 Å². The molecule has 0 heteroatoms. The average Bonchev–Trinajstić information content (AvgIpc) is 2.22. The minimum Gasteiger partial charge on any atom is -0.0990 e. The summed E-state index contributed by atoms with van der Waals surface area (Å²) < 4.78 is 0. The van der Waals surface area contributed by atoms with Gasteiger partial charge in [-0.25, -0.2) is 0 Å². The molecule has 74 valence electrons. The van der Waals surface area contributed by atoms with Crippen LogP contribution in [0.25, 0.3) is 0 Å². The highest BCUT2D eigenvalue weighted by Crippen LogP contribution is 2.21. The largest absolute Gasteiger partial charge is 0.0990 e. The van der Waals surface area contributed by atoms with Crippen molar-refractivity contribution in [2.75, 3.05) is 0 Å². The zero-order valence-corrected chi connectivity index (χ0v) is 8.92. The molecule has 0 heterocycles. The van der Waals surface area contributed by atoms with Crippen molar-refractivity contribution in [1.82, 2.24) is 0 Å². The average molecular weight is 186 g/mol. The van der Waals surface area contributed by atoms with E-state index in [1.54, 1.807) is 18.2 Å². The van der Waals surface area contributed by atoms with Crippen molar-refractivity contribution in [3.05, 3.63) is 73.4 Å². The second kappa shape index (κ2) is 6.90. The molecule has 0 aliphatic carbocycles. The summed E-state index contributed by atoms with van der Waals surface area (Å²) in [7, 11) is 0. The SMILES string of the molecule is C=C/C=C(C=C)\C(=C/C=C)C(=C)CC.